The maximum atomic E-state index is 12.1. The molecule has 100 valence electrons. The van der Waals surface area contributed by atoms with Crippen LogP contribution < -0.4 is 10.6 Å². The number of rotatable bonds is 7. The first kappa shape index (κ1) is 14.4. The monoisotopic (exact) mass is 251 g/mol. The van der Waals surface area contributed by atoms with Crippen LogP contribution in [0.2, 0.25) is 0 Å². The Kier molecular flexibility index (Phi) is 6.14. The summed E-state index contributed by atoms with van der Waals surface area (Å²) in [7, 11) is 0. The van der Waals surface area contributed by atoms with Gasteiger partial charge < -0.3 is 15.4 Å². The molecule has 0 aliphatic heterocycles. The Morgan fingerprint density at radius 1 is 1.50 bits per heavy atom. The van der Waals surface area contributed by atoms with Crippen LogP contribution in [0.3, 0.4) is 0 Å². The number of hydrogen-bond donors (Lipinski definition) is 2. The zero-order chi connectivity index (χ0) is 13.4. The highest BCUT2D eigenvalue weighted by Crippen LogP contribution is 2.11. The lowest BCUT2D eigenvalue weighted by Crippen LogP contribution is -2.36. The molecule has 18 heavy (non-hydrogen) atoms. The van der Waals surface area contributed by atoms with Gasteiger partial charge in [0.25, 0.3) is 5.91 Å². The van der Waals surface area contributed by atoms with Crippen molar-refractivity contribution in [3.8, 4) is 0 Å². The van der Waals surface area contributed by atoms with Gasteiger partial charge >= 0.3 is 0 Å². The predicted octanol–water partition coefficient (Wildman–Crippen LogP) is 1.67. The first-order chi connectivity index (χ1) is 8.69. The van der Waals surface area contributed by atoms with Gasteiger partial charge in [0, 0.05) is 25.4 Å². The van der Waals surface area contributed by atoms with Crippen LogP contribution >= 0.6 is 0 Å². The Morgan fingerprint density at radius 2 is 2.28 bits per heavy atom. The van der Waals surface area contributed by atoms with Gasteiger partial charge in [-0.25, -0.2) is 4.98 Å². The highest BCUT2D eigenvalue weighted by molar-refractivity contribution is 5.98. The molecule has 0 fully saturated rings. The van der Waals surface area contributed by atoms with Gasteiger partial charge in [0.2, 0.25) is 0 Å². The van der Waals surface area contributed by atoms with E-state index in [1.54, 1.807) is 18.3 Å². The molecule has 0 aliphatic carbocycles. The lowest BCUT2D eigenvalue weighted by molar-refractivity contribution is 0.0872. The van der Waals surface area contributed by atoms with E-state index >= 15 is 0 Å². The summed E-state index contributed by atoms with van der Waals surface area (Å²) in [5.41, 5.74) is 0.558. The summed E-state index contributed by atoms with van der Waals surface area (Å²) >= 11 is 0. The highest BCUT2D eigenvalue weighted by Gasteiger charge is 2.13. The third kappa shape index (κ3) is 4.33. The number of anilines is 1. The minimum absolute atomic E-state index is 0.0212. The summed E-state index contributed by atoms with van der Waals surface area (Å²) in [6, 6.07) is 3.49. The summed E-state index contributed by atoms with van der Waals surface area (Å²) in [6.45, 7) is 7.70. The molecular formula is C13H21N3O2. The molecule has 1 atom stereocenters. The number of carbonyl (C=O) groups excluding carboxylic acids is 1. The number of aromatic nitrogens is 1. The van der Waals surface area contributed by atoms with Crippen LogP contribution in [0.5, 0.6) is 0 Å². The van der Waals surface area contributed by atoms with Crippen LogP contribution in [0.1, 0.15) is 31.1 Å². The molecule has 0 aliphatic rings. The average Bonchev–Trinajstić information content (AvgIpc) is 2.37. The number of ether oxygens (including phenoxy) is 1. The third-order valence-corrected chi connectivity index (χ3v) is 2.35. The normalized spacial score (nSPS) is 11.9. The molecule has 1 aromatic heterocycles. The zero-order valence-corrected chi connectivity index (χ0v) is 11.2. The molecule has 1 rings (SSSR count). The van der Waals surface area contributed by atoms with Crippen LogP contribution in [-0.2, 0) is 4.74 Å². The second-order valence-electron chi connectivity index (χ2n) is 3.96. The number of nitrogens with zero attached hydrogens (tertiary/aromatic N) is 1. The quantitative estimate of drug-likeness (QED) is 0.773. The van der Waals surface area contributed by atoms with Crippen LogP contribution in [0, 0.1) is 0 Å². The van der Waals surface area contributed by atoms with Gasteiger partial charge in [0.1, 0.15) is 5.82 Å². The van der Waals surface area contributed by atoms with Gasteiger partial charge in [-0.1, -0.05) is 0 Å². The van der Waals surface area contributed by atoms with Crippen LogP contribution in [0.25, 0.3) is 0 Å². The van der Waals surface area contributed by atoms with E-state index in [9.17, 15) is 4.79 Å². The molecule has 0 saturated carbocycles. The van der Waals surface area contributed by atoms with Crippen LogP contribution in [-0.4, -0.2) is 36.7 Å². The Labute approximate surface area is 108 Å². The first-order valence-corrected chi connectivity index (χ1v) is 6.26. The number of hydrogen-bond acceptors (Lipinski definition) is 4. The van der Waals surface area contributed by atoms with E-state index in [2.05, 4.69) is 15.6 Å². The lowest BCUT2D eigenvalue weighted by atomic mass is 10.2. The highest BCUT2D eigenvalue weighted by atomic mass is 16.5. The van der Waals surface area contributed by atoms with E-state index < -0.39 is 0 Å². The van der Waals surface area contributed by atoms with Crippen molar-refractivity contribution in [3.05, 3.63) is 23.9 Å². The van der Waals surface area contributed by atoms with E-state index in [0.29, 0.717) is 24.6 Å². The summed E-state index contributed by atoms with van der Waals surface area (Å²) in [5, 5.41) is 5.96. The Hall–Kier alpha value is -1.62. The van der Waals surface area contributed by atoms with Gasteiger partial charge in [-0.05, 0) is 32.9 Å². The van der Waals surface area contributed by atoms with Gasteiger partial charge in [-0.2, -0.15) is 0 Å². The van der Waals surface area contributed by atoms with E-state index in [0.717, 1.165) is 6.54 Å². The smallest absolute Gasteiger partial charge is 0.255 e. The van der Waals surface area contributed by atoms with Gasteiger partial charge in [-0.3, -0.25) is 4.79 Å². The zero-order valence-electron chi connectivity index (χ0n) is 11.2. The van der Waals surface area contributed by atoms with Crippen molar-refractivity contribution in [1.82, 2.24) is 10.3 Å². The van der Waals surface area contributed by atoms with Crippen molar-refractivity contribution in [3.63, 3.8) is 0 Å². The molecular weight excluding hydrogens is 230 g/mol. The standard InChI is InChI=1S/C13H21N3O2/c1-4-14-12-11(7-6-8-15-12)13(17)16-10(3)9-18-5-2/h6-8,10H,4-5,9H2,1-3H3,(H,14,15)(H,16,17). The second-order valence-corrected chi connectivity index (χ2v) is 3.96. The van der Waals surface area contributed by atoms with Crippen molar-refractivity contribution in [2.75, 3.05) is 25.1 Å². The molecule has 5 nitrogen and oxygen atoms in total. The van der Waals surface area contributed by atoms with Gasteiger partial charge in [0.15, 0.2) is 0 Å². The van der Waals surface area contributed by atoms with E-state index in [1.807, 2.05) is 20.8 Å². The maximum Gasteiger partial charge on any atom is 0.255 e. The Balaban J connectivity index is 2.65. The summed E-state index contributed by atoms with van der Waals surface area (Å²) in [5.74, 6) is 0.479. The van der Waals surface area contributed by atoms with E-state index in [1.165, 1.54) is 0 Å². The maximum absolute atomic E-state index is 12.1. The second kappa shape index (κ2) is 7.66. The predicted molar refractivity (Wildman–Crippen MR) is 71.8 cm³/mol. The fourth-order valence-corrected chi connectivity index (χ4v) is 1.53. The van der Waals surface area contributed by atoms with Gasteiger partial charge in [-0.15, -0.1) is 0 Å². The topological polar surface area (TPSA) is 63.2 Å². The molecule has 0 saturated heterocycles. The molecule has 1 unspecified atom stereocenters. The fourth-order valence-electron chi connectivity index (χ4n) is 1.53. The summed E-state index contributed by atoms with van der Waals surface area (Å²) in [6.07, 6.45) is 1.67. The van der Waals surface area contributed by atoms with Crippen molar-refractivity contribution >= 4 is 11.7 Å². The summed E-state index contributed by atoms with van der Waals surface area (Å²) < 4.78 is 5.26. The molecule has 1 amide bonds. The first-order valence-electron chi connectivity index (χ1n) is 6.26. The number of amides is 1. The molecule has 0 aromatic carbocycles. The van der Waals surface area contributed by atoms with Gasteiger partial charge in [0.05, 0.1) is 12.2 Å². The average molecular weight is 251 g/mol. The molecule has 1 aromatic rings. The Bertz CT molecular complexity index is 382. The van der Waals surface area contributed by atoms with Crippen molar-refractivity contribution in [2.24, 2.45) is 0 Å². The molecule has 2 N–H and O–H groups in total. The molecule has 0 radical (unpaired) electrons. The minimum Gasteiger partial charge on any atom is -0.380 e. The Morgan fingerprint density at radius 3 is 2.94 bits per heavy atom. The fraction of sp³-hybridized carbons (Fsp3) is 0.538. The molecule has 5 heteroatoms. The molecule has 0 spiro atoms. The number of carbonyl (C=O) groups is 1. The van der Waals surface area contributed by atoms with Crippen molar-refractivity contribution in [2.45, 2.75) is 26.8 Å². The minimum atomic E-state index is -0.133. The van der Waals surface area contributed by atoms with E-state index in [-0.39, 0.29) is 11.9 Å². The van der Waals surface area contributed by atoms with Crippen LogP contribution in [0.15, 0.2) is 18.3 Å². The SMILES string of the molecule is CCNc1ncccc1C(=O)NC(C)COCC. The largest absolute Gasteiger partial charge is 0.380 e. The van der Waals surface area contributed by atoms with Crippen molar-refractivity contribution < 1.29 is 9.53 Å². The molecule has 0 bridgehead atoms. The molecule has 1 heterocycles. The number of nitrogens with one attached hydrogen (secondary N) is 2. The van der Waals surface area contributed by atoms with Crippen molar-refractivity contribution in [1.29, 1.82) is 0 Å². The lowest BCUT2D eigenvalue weighted by Gasteiger charge is -2.15. The van der Waals surface area contributed by atoms with Crippen LogP contribution in [0.4, 0.5) is 5.82 Å². The third-order valence-electron chi connectivity index (χ3n) is 2.35. The number of pyridine rings is 1. The van der Waals surface area contributed by atoms with E-state index in [4.69, 9.17) is 4.74 Å². The summed E-state index contributed by atoms with van der Waals surface area (Å²) in [4.78, 5) is 16.2.